The quantitative estimate of drug-likeness (QED) is 0.472. The van der Waals surface area contributed by atoms with Gasteiger partial charge in [-0.1, -0.05) is 24.3 Å². The smallest absolute Gasteiger partial charge is 0.406 e. The first-order valence-corrected chi connectivity index (χ1v) is 11.3. The molecule has 0 aliphatic carbocycles. The first kappa shape index (κ1) is 22.2. The Hall–Kier alpha value is -2.46. The fraction of sp³-hybridized carbons (Fsp3) is 0.300. The second-order valence-electron chi connectivity index (χ2n) is 6.37. The van der Waals surface area contributed by atoms with E-state index >= 15 is 0 Å². The Balaban J connectivity index is 1.59. The number of nitrogens with zero attached hydrogens (tertiary/aromatic N) is 1. The first-order valence-electron chi connectivity index (χ1n) is 9.07. The Kier molecular flexibility index (Phi) is 7.43. The van der Waals surface area contributed by atoms with E-state index in [0.29, 0.717) is 5.56 Å². The number of carbonyl (C=O) groups is 1. The van der Waals surface area contributed by atoms with Crippen LogP contribution in [-0.4, -0.2) is 29.4 Å². The van der Waals surface area contributed by atoms with Crippen LogP contribution in [0.4, 0.5) is 18.0 Å². The van der Waals surface area contributed by atoms with E-state index in [1.165, 1.54) is 24.3 Å². The number of hydrogen-bond donors (Lipinski definition) is 2. The van der Waals surface area contributed by atoms with E-state index in [0.717, 1.165) is 27.4 Å². The first-order chi connectivity index (χ1) is 14.3. The van der Waals surface area contributed by atoms with Crippen molar-refractivity contribution in [3.05, 3.63) is 59.1 Å². The molecule has 160 valence electrons. The molecule has 2 N–H and O–H groups in total. The maximum atomic E-state index is 12.4. The number of ether oxygens (including phenoxy) is 1. The van der Waals surface area contributed by atoms with Gasteiger partial charge in [0.25, 0.3) is 0 Å². The van der Waals surface area contributed by atoms with E-state index in [4.69, 9.17) is 0 Å². The van der Waals surface area contributed by atoms with Gasteiger partial charge in [0.1, 0.15) is 10.8 Å². The number of fused-ring (bicyclic) bond motifs is 1. The highest BCUT2D eigenvalue weighted by molar-refractivity contribution is 7.98. The summed E-state index contributed by atoms with van der Waals surface area (Å²) in [5.74, 6) is 0.560. The number of halogens is 3. The molecule has 0 radical (unpaired) electrons. The molecule has 3 rings (SSSR count). The van der Waals surface area contributed by atoms with E-state index in [-0.39, 0.29) is 24.4 Å². The van der Waals surface area contributed by atoms with Gasteiger partial charge in [0.05, 0.1) is 16.3 Å². The van der Waals surface area contributed by atoms with Crippen molar-refractivity contribution in [1.29, 1.82) is 0 Å². The highest BCUT2D eigenvalue weighted by Gasteiger charge is 2.30. The molecule has 0 aliphatic rings. The largest absolute Gasteiger partial charge is 0.573 e. The predicted octanol–water partition coefficient (Wildman–Crippen LogP) is 5.49. The van der Waals surface area contributed by atoms with Crippen LogP contribution >= 0.6 is 23.1 Å². The van der Waals surface area contributed by atoms with Crippen molar-refractivity contribution in [2.45, 2.75) is 25.4 Å². The average Bonchev–Trinajstić information content (AvgIpc) is 3.13. The summed E-state index contributed by atoms with van der Waals surface area (Å²) in [6.07, 6.45) is -1.99. The molecule has 30 heavy (non-hydrogen) atoms. The lowest BCUT2D eigenvalue weighted by atomic mass is 10.2. The van der Waals surface area contributed by atoms with Crippen LogP contribution in [-0.2, 0) is 6.54 Å². The number of nitrogens with one attached hydrogen (secondary N) is 2. The fourth-order valence-electron chi connectivity index (χ4n) is 2.73. The Morgan fingerprint density at radius 1 is 1.20 bits per heavy atom. The minimum Gasteiger partial charge on any atom is -0.406 e. The predicted molar refractivity (Wildman–Crippen MR) is 114 cm³/mol. The molecule has 2 aromatic carbocycles. The number of aromatic nitrogens is 1. The van der Waals surface area contributed by atoms with Crippen molar-refractivity contribution in [1.82, 2.24) is 15.6 Å². The van der Waals surface area contributed by atoms with Crippen LogP contribution in [0.25, 0.3) is 10.2 Å². The third-order valence-corrected chi connectivity index (χ3v) is 5.93. The van der Waals surface area contributed by atoms with Crippen LogP contribution in [0.5, 0.6) is 5.75 Å². The highest BCUT2D eigenvalue weighted by atomic mass is 32.2. The summed E-state index contributed by atoms with van der Waals surface area (Å²) in [6.45, 7) is 0.174. The maximum Gasteiger partial charge on any atom is 0.573 e. The zero-order valence-electron chi connectivity index (χ0n) is 16.0. The topological polar surface area (TPSA) is 63.2 Å². The summed E-state index contributed by atoms with van der Waals surface area (Å²) in [6, 6.07) is 12.6. The number of carbonyl (C=O) groups excluding carboxylic acids is 1. The van der Waals surface area contributed by atoms with Gasteiger partial charge < -0.3 is 15.4 Å². The zero-order valence-corrected chi connectivity index (χ0v) is 17.7. The molecule has 10 heteroatoms. The van der Waals surface area contributed by atoms with Gasteiger partial charge in [-0.2, -0.15) is 11.8 Å². The number of hydrogen-bond acceptors (Lipinski definition) is 5. The van der Waals surface area contributed by atoms with E-state index in [1.807, 2.05) is 30.5 Å². The molecule has 0 saturated carbocycles. The second-order valence-corrected chi connectivity index (χ2v) is 8.42. The monoisotopic (exact) mass is 455 g/mol. The summed E-state index contributed by atoms with van der Waals surface area (Å²) >= 11 is 3.24. The average molecular weight is 456 g/mol. The van der Waals surface area contributed by atoms with Crippen LogP contribution in [0.15, 0.2) is 48.5 Å². The lowest BCUT2D eigenvalue weighted by Gasteiger charge is -2.17. The normalized spacial score (nSPS) is 12.5. The van der Waals surface area contributed by atoms with Gasteiger partial charge in [0.15, 0.2) is 0 Å². The number of alkyl halides is 3. The van der Waals surface area contributed by atoms with E-state index in [1.54, 1.807) is 23.1 Å². The van der Waals surface area contributed by atoms with Crippen LogP contribution in [0.1, 0.15) is 23.0 Å². The summed E-state index contributed by atoms with van der Waals surface area (Å²) < 4.78 is 41.6. The molecular formula is C20H20F3N3O2S2. The highest BCUT2D eigenvalue weighted by Crippen LogP contribution is 2.28. The molecule has 1 atom stereocenters. The Bertz CT molecular complexity index is 944. The van der Waals surface area contributed by atoms with Crippen LogP contribution in [0, 0.1) is 0 Å². The summed E-state index contributed by atoms with van der Waals surface area (Å²) in [5.41, 5.74) is 1.55. The summed E-state index contributed by atoms with van der Waals surface area (Å²) in [7, 11) is 0. The summed E-state index contributed by atoms with van der Waals surface area (Å²) in [5, 5.41) is 6.53. The second kappa shape index (κ2) is 10.0. The van der Waals surface area contributed by atoms with Crippen molar-refractivity contribution in [3.8, 4) is 5.75 Å². The Morgan fingerprint density at radius 2 is 1.93 bits per heavy atom. The number of rotatable bonds is 8. The number of benzene rings is 2. The van der Waals surface area contributed by atoms with Crippen LogP contribution in [0.2, 0.25) is 0 Å². The van der Waals surface area contributed by atoms with Gasteiger partial charge in [-0.15, -0.1) is 24.5 Å². The molecule has 0 spiro atoms. The molecule has 0 aliphatic heterocycles. The van der Waals surface area contributed by atoms with Gasteiger partial charge in [0, 0.05) is 6.54 Å². The lowest BCUT2D eigenvalue weighted by Crippen LogP contribution is -2.37. The molecule has 5 nitrogen and oxygen atoms in total. The molecule has 1 unspecified atom stereocenters. The van der Waals surface area contributed by atoms with E-state index < -0.39 is 6.36 Å². The lowest BCUT2D eigenvalue weighted by molar-refractivity contribution is -0.274. The standard InChI is InChI=1S/C20H20F3N3O2S2/c1-29-11-10-16(18-25-15-4-2-3-5-17(15)30-18)26-19(27)24-12-13-6-8-14(9-7-13)28-20(21,22)23/h2-9,16H,10-12H2,1H3,(H2,24,26,27). The maximum absolute atomic E-state index is 12.4. The number of urea groups is 1. The number of thiazole rings is 1. The van der Waals surface area contributed by atoms with Gasteiger partial charge in [0.2, 0.25) is 0 Å². The molecule has 1 aromatic heterocycles. The van der Waals surface area contributed by atoms with Gasteiger partial charge >= 0.3 is 12.4 Å². The van der Waals surface area contributed by atoms with Crippen LogP contribution in [0.3, 0.4) is 0 Å². The summed E-state index contributed by atoms with van der Waals surface area (Å²) in [4.78, 5) is 17.0. The minimum atomic E-state index is -4.73. The zero-order chi connectivity index (χ0) is 21.6. The number of para-hydroxylation sites is 1. The van der Waals surface area contributed by atoms with Crippen molar-refractivity contribution in [2.75, 3.05) is 12.0 Å². The van der Waals surface area contributed by atoms with Crippen molar-refractivity contribution in [2.24, 2.45) is 0 Å². The van der Waals surface area contributed by atoms with E-state index in [9.17, 15) is 18.0 Å². The van der Waals surface area contributed by atoms with Gasteiger partial charge in [-0.3, -0.25) is 0 Å². The molecule has 3 aromatic rings. The molecule has 1 heterocycles. The fourth-order valence-corrected chi connectivity index (χ4v) is 4.26. The van der Waals surface area contributed by atoms with Crippen molar-refractivity contribution < 1.29 is 22.7 Å². The molecule has 0 bridgehead atoms. The number of amides is 2. The minimum absolute atomic E-state index is 0.174. The molecule has 0 saturated heterocycles. The molecule has 0 fully saturated rings. The van der Waals surface area contributed by atoms with Crippen molar-refractivity contribution >= 4 is 39.3 Å². The Morgan fingerprint density at radius 3 is 2.60 bits per heavy atom. The van der Waals surface area contributed by atoms with Crippen LogP contribution < -0.4 is 15.4 Å². The van der Waals surface area contributed by atoms with Gasteiger partial charge in [-0.25, -0.2) is 9.78 Å². The Labute approximate surface area is 180 Å². The number of thioether (sulfide) groups is 1. The third kappa shape index (κ3) is 6.53. The van der Waals surface area contributed by atoms with E-state index in [2.05, 4.69) is 20.4 Å². The third-order valence-electron chi connectivity index (χ3n) is 4.13. The molecular weight excluding hydrogens is 435 g/mol. The van der Waals surface area contributed by atoms with Crippen molar-refractivity contribution in [3.63, 3.8) is 0 Å². The molecule has 2 amide bonds. The SMILES string of the molecule is CSCCC(NC(=O)NCc1ccc(OC(F)(F)F)cc1)c1nc2ccccc2s1. The van der Waals surface area contributed by atoms with Gasteiger partial charge in [-0.05, 0) is 48.3 Å².